The molecule has 1 saturated carbocycles. The SMILES string of the molecule is C#CCNCC(C)N1CCC[C@H]2CCCC[C@H]21. The first-order valence-electron chi connectivity index (χ1n) is 7.23. The number of nitrogens with one attached hydrogen (secondary N) is 1. The van der Waals surface area contributed by atoms with E-state index in [4.69, 9.17) is 6.42 Å². The maximum Gasteiger partial charge on any atom is 0.0574 e. The van der Waals surface area contributed by atoms with Crippen molar-refractivity contribution < 1.29 is 0 Å². The topological polar surface area (TPSA) is 15.3 Å². The second kappa shape index (κ2) is 6.42. The summed E-state index contributed by atoms with van der Waals surface area (Å²) in [5.41, 5.74) is 0. The number of terminal acetylenes is 1. The van der Waals surface area contributed by atoms with Gasteiger partial charge in [0.05, 0.1) is 6.54 Å². The predicted molar refractivity (Wildman–Crippen MR) is 72.9 cm³/mol. The van der Waals surface area contributed by atoms with Crippen LogP contribution in [-0.4, -0.2) is 36.6 Å². The van der Waals surface area contributed by atoms with Crippen molar-refractivity contribution in [1.82, 2.24) is 10.2 Å². The summed E-state index contributed by atoms with van der Waals surface area (Å²) >= 11 is 0. The van der Waals surface area contributed by atoms with Crippen LogP contribution in [0.4, 0.5) is 0 Å². The number of fused-ring (bicyclic) bond motifs is 1. The van der Waals surface area contributed by atoms with Crippen LogP contribution in [0.5, 0.6) is 0 Å². The zero-order valence-electron chi connectivity index (χ0n) is 11.1. The lowest BCUT2D eigenvalue weighted by molar-refractivity contribution is 0.0318. The Morgan fingerprint density at radius 1 is 1.29 bits per heavy atom. The maximum absolute atomic E-state index is 5.27. The number of likely N-dealkylation sites (tertiary alicyclic amines) is 1. The highest BCUT2D eigenvalue weighted by molar-refractivity contribution is 4.91. The molecule has 0 radical (unpaired) electrons. The van der Waals surface area contributed by atoms with Gasteiger partial charge in [0.2, 0.25) is 0 Å². The van der Waals surface area contributed by atoms with E-state index in [-0.39, 0.29) is 0 Å². The minimum absolute atomic E-state index is 0.634. The molecular formula is C15H26N2. The monoisotopic (exact) mass is 234 g/mol. The summed E-state index contributed by atoms with van der Waals surface area (Å²) < 4.78 is 0. The van der Waals surface area contributed by atoms with Crippen LogP contribution in [0.15, 0.2) is 0 Å². The van der Waals surface area contributed by atoms with Gasteiger partial charge in [-0.3, -0.25) is 4.90 Å². The molecule has 0 spiro atoms. The third-order valence-corrected chi connectivity index (χ3v) is 4.52. The highest BCUT2D eigenvalue weighted by atomic mass is 15.2. The zero-order valence-corrected chi connectivity index (χ0v) is 11.1. The fourth-order valence-electron chi connectivity index (χ4n) is 3.68. The Hall–Kier alpha value is -0.520. The second-order valence-corrected chi connectivity index (χ2v) is 5.68. The van der Waals surface area contributed by atoms with Gasteiger partial charge in [0.15, 0.2) is 0 Å². The van der Waals surface area contributed by atoms with Crippen LogP contribution in [0.1, 0.15) is 45.4 Å². The summed E-state index contributed by atoms with van der Waals surface area (Å²) in [4.78, 5) is 2.75. The molecule has 1 aliphatic carbocycles. The maximum atomic E-state index is 5.27. The molecule has 2 heteroatoms. The van der Waals surface area contributed by atoms with E-state index in [9.17, 15) is 0 Å². The summed E-state index contributed by atoms with van der Waals surface area (Å²) in [6, 6.07) is 1.49. The molecule has 0 aromatic heterocycles. The molecule has 2 rings (SSSR count). The fraction of sp³-hybridized carbons (Fsp3) is 0.867. The van der Waals surface area contributed by atoms with E-state index in [0.29, 0.717) is 12.6 Å². The average molecular weight is 234 g/mol. The largest absolute Gasteiger partial charge is 0.305 e. The van der Waals surface area contributed by atoms with Gasteiger partial charge in [-0.15, -0.1) is 6.42 Å². The number of piperidine rings is 1. The van der Waals surface area contributed by atoms with E-state index < -0.39 is 0 Å². The second-order valence-electron chi connectivity index (χ2n) is 5.68. The molecule has 96 valence electrons. The van der Waals surface area contributed by atoms with Gasteiger partial charge in [-0.2, -0.15) is 0 Å². The van der Waals surface area contributed by atoms with Gasteiger partial charge >= 0.3 is 0 Å². The van der Waals surface area contributed by atoms with Crippen molar-refractivity contribution in [3.05, 3.63) is 0 Å². The van der Waals surface area contributed by atoms with Gasteiger partial charge in [0.25, 0.3) is 0 Å². The third kappa shape index (κ3) is 3.24. The molecule has 0 aromatic carbocycles. The van der Waals surface area contributed by atoms with Gasteiger partial charge in [0, 0.05) is 18.6 Å². The van der Waals surface area contributed by atoms with E-state index in [1.54, 1.807) is 0 Å². The number of hydrogen-bond acceptors (Lipinski definition) is 2. The van der Waals surface area contributed by atoms with Crippen molar-refractivity contribution in [2.75, 3.05) is 19.6 Å². The molecule has 1 unspecified atom stereocenters. The molecule has 2 aliphatic rings. The number of rotatable bonds is 4. The standard InChI is InChI=1S/C15H26N2/c1-3-10-16-12-13(2)17-11-6-8-14-7-4-5-9-15(14)17/h1,13-16H,4-12H2,2H3/t13?,14-,15-/m1/s1. The van der Waals surface area contributed by atoms with Crippen LogP contribution in [0.25, 0.3) is 0 Å². The summed E-state index contributed by atoms with van der Waals surface area (Å²) in [5, 5.41) is 3.35. The lowest BCUT2D eigenvalue weighted by atomic mass is 9.78. The first-order valence-corrected chi connectivity index (χ1v) is 7.23. The van der Waals surface area contributed by atoms with E-state index in [1.807, 2.05) is 0 Å². The van der Waals surface area contributed by atoms with Gasteiger partial charge < -0.3 is 5.32 Å². The van der Waals surface area contributed by atoms with Crippen molar-refractivity contribution in [3.63, 3.8) is 0 Å². The third-order valence-electron chi connectivity index (χ3n) is 4.52. The molecule has 2 fully saturated rings. The Balaban J connectivity index is 1.87. The molecule has 0 amide bonds. The fourth-order valence-corrected chi connectivity index (χ4v) is 3.68. The Morgan fingerprint density at radius 3 is 2.88 bits per heavy atom. The molecule has 0 bridgehead atoms. The minimum Gasteiger partial charge on any atom is -0.305 e. The molecule has 3 atom stereocenters. The van der Waals surface area contributed by atoms with Crippen molar-refractivity contribution in [2.24, 2.45) is 5.92 Å². The minimum atomic E-state index is 0.634. The molecule has 17 heavy (non-hydrogen) atoms. The Bertz CT molecular complexity index is 267. The zero-order chi connectivity index (χ0) is 12.1. The van der Waals surface area contributed by atoms with Crippen LogP contribution in [-0.2, 0) is 0 Å². The quantitative estimate of drug-likeness (QED) is 0.593. The van der Waals surface area contributed by atoms with E-state index >= 15 is 0 Å². The van der Waals surface area contributed by atoms with Crippen LogP contribution < -0.4 is 5.32 Å². The lowest BCUT2D eigenvalue weighted by Gasteiger charge is -2.47. The Morgan fingerprint density at radius 2 is 2.06 bits per heavy atom. The highest BCUT2D eigenvalue weighted by Crippen LogP contribution is 2.35. The lowest BCUT2D eigenvalue weighted by Crippen LogP contribution is -2.53. The van der Waals surface area contributed by atoms with Crippen LogP contribution >= 0.6 is 0 Å². The Labute approximate surface area is 106 Å². The molecular weight excluding hydrogens is 208 g/mol. The molecule has 0 aromatic rings. The summed E-state index contributed by atoms with van der Waals surface area (Å²) in [6.07, 6.45) is 13.9. The first kappa shape index (κ1) is 12.9. The molecule has 1 saturated heterocycles. The summed E-state index contributed by atoms with van der Waals surface area (Å²) in [7, 11) is 0. The Kier molecular flexibility index (Phi) is 4.88. The first-order chi connectivity index (χ1) is 8.33. The van der Waals surface area contributed by atoms with Gasteiger partial charge in [-0.1, -0.05) is 18.8 Å². The summed E-state index contributed by atoms with van der Waals surface area (Å²) in [5.74, 6) is 3.63. The van der Waals surface area contributed by atoms with Crippen LogP contribution in [0.2, 0.25) is 0 Å². The molecule has 1 heterocycles. The van der Waals surface area contributed by atoms with Crippen LogP contribution in [0, 0.1) is 18.3 Å². The van der Waals surface area contributed by atoms with Crippen LogP contribution in [0.3, 0.4) is 0 Å². The number of hydrogen-bond donors (Lipinski definition) is 1. The molecule has 1 aliphatic heterocycles. The van der Waals surface area contributed by atoms with Crippen molar-refractivity contribution in [2.45, 2.75) is 57.5 Å². The van der Waals surface area contributed by atoms with Gasteiger partial charge in [-0.25, -0.2) is 0 Å². The average Bonchev–Trinajstić information content (AvgIpc) is 2.38. The van der Waals surface area contributed by atoms with Gasteiger partial charge in [0.1, 0.15) is 0 Å². The number of nitrogens with zero attached hydrogens (tertiary/aromatic N) is 1. The van der Waals surface area contributed by atoms with Crippen molar-refractivity contribution >= 4 is 0 Å². The summed E-state index contributed by atoms with van der Waals surface area (Å²) in [6.45, 7) is 5.38. The predicted octanol–water partition coefficient (Wildman–Crippen LogP) is 2.25. The van der Waals surface area contributed by atoms with Gasteiger partial charge in [-0.05, 0) is 45.1 Å². The highest BCUT2D eigenvalue weighted by Gasteiger charge is 2.34. The normalized spacial score (nSPS) is 31.5. The van der Waals surface area contributed by atoms with E-state index in [0.717, 1.165) is 18.5 Å². The van der Waals surface area contributed by atoms with Crippen molar-refractivity contribution in [3.8, 4) is 12.3 Å². The van der Waals surface area contributed by atoms with Crippen molar-refractivity contribution in [1.29, 1.82) is 0 Å². The molecule has 2 nitrogen and oxygen atoms in total. The molecule has 1 N–H and O–H groups in total. The smallest absolute Gasteiger partial charge is 0.0574 e. The van der Waals surface area contributed by atoms with E-state index in [2.05, 4.69) is 23.1 Å². The van der Waals surface area contributed by atoms with E-state index in [1.165, 1.54) is 45.1 Å².